The standard InChI is InChI=1S/C26H24N4S2/c1-2-6-19(7-3-1)23-17-30(28-27-23)24(18-29-12-14-31-15-13-29)20-10-11-26-22(16-20)21-8-4-5-9-25(21)32-26/h1-11,16-17,24H,12-15,18H2. The molecule has 160 valence electrons. The van der Waals surface area contributed by atoms with E-state index in [1.54, 1.807) is 0 Å². The first-order valence-electron chi connectivity index (χ1n) is 11.0. The molecule has 1 saturated heterocycles. The molecule has 32 heavy (non-hydrogen) atoms. The Balaban J connectivity index is 1.42. The van der Waals surface area contributed by atoms with Crippen molar-refractivity contribution in [3.8, 4) is 11.3 Å². The van der Waals surface area contributed by atoms with Gasteiger partial charge in [0.25, 0.3) is 0 Å². The predicted molar refractivity (Wildman–Crippen MR) is 137 cm³/mol. The van der Waals surface area contributed by atoms with Crippen LogP contribution >= 0.6 is 23.1 Å². The van der Waals surface area contributed by atoms with Crippen molar-refractivity contribution >= 4 is 43.3 Å². The van der Waals surface area contributed by atoms with Gasteiger partial charge in [-0.25, -0.2) is 4.68 Å². The maximum absolute atomic E-state index is 4.60. The van der Waals surface area contributed by atoms with Gasteiger partial charge in [0.05, 0.1) is 12.2 Å². The first-order valence-corrected chi connectivity index (χ1v) is 13.0. The first kappa shape index (κ1) is 20.0. The predicted octanol–water partition coefficient (Wildman–Crippen LogP) is 5.95. The topological polar surface area (TPSA) is 34.0 Å². The fourth-order valence-electron chi connectivity index (χ4n) is 4.49. The van der Waals surface area contributed by atoms with Crippen LogP contribution in [0.25, 0.3) is 31.4 Å². The molecule has 4 nitrogen and oxygen atoms in total. The third kappa shape index (κ3) is 3.83. The van der Waals surface area contributed by atoms with Gasteiger partial charge in [0.15, 0.2) is 0 Å². The highest BCUT2D eigenvalue weighted by Gasteiger charge is 2.22. The van der Waals surface area contributed by atoms with Crippen molar-refractivity contribution in [3.63, 3.8) is 0 Å². The van der Waals surface area contributed by atoms with Gasteiger partial charge in [0.1, 0.15) is 5.69 Å². The normalized spacial score (nSPS) is 16.0. The van der Waals surface area contributed by atoms with Crippen molar-refractivity contribution < 1.29 is 0 Å². The van der Waals surface area contributed by atoms with Crippen LogP contribution in [0.15, 0.2) is 79.0 Å². The molecule has 0 amide bonds. The molecule has 3 heterocycles. The summed E-state index contributed by atoms with van der Waals surface area (Å²) in [7, 11) is 0. The molecule has 0 bridgehead atoms. The number of rotatable bonds is 5. The van der Waals surface area contributed by atoms with E-state index in [4.69, 9.17) is 0 Å². The second-order valence-electron chi connectivity index (χ2n) is 8.23. The van der Waals surface area contributed by atoms with E-state index in [2.05, 4.69) is 80.7 Å². The number of benzene rings is 3. The van der Waals surface area contributed by atoms with Gasteiger partial charge in [-0.3, -0.25) is 4.90 Å². The highest BCUT2D eigenvalue weighted by molar-refractivity contribution is 7.99. The maximum atomic E-state index is 4.60. The Morgan fingerprint density at radius 1 is 0.844 bits per heavy atom. The quantitative estimate of drug-likeness (QED) is 0.327. The molecule has 2 aromatic heterocycles. The van der Waals surface area contributed by atoms with Gasteiger partial charge in [-0.15, -0.1) is 16.4 Å². The summed E-state index contributed by atoms with van der Waals surface area (Å²) in [5.74, 6) is 2.40. The van der Waals surface area contributed by atoms with E-state index in [1.165, 1.54) is 37.2 Å². The van der Waals surface area contributed by atoms with Gasteiger partial charge < -0.3 is 0 Å². The van der Waals surface area contributed by atoms with Crippen LogP contribution in [0, 0.1) is 0 Å². The molecule has 1 atom stereocenters. The van der Waals surface area contributed by atoms with Gasteiger partial charge >= 0.3 is 0 Å². The fourth-order valence-corrected chi connectivity index (χ4v) is 6.56. The Labute approximate surface area is 195 Å². The van der Waals surface area contributed by atoms with Gasteiger partial charge in [0, 0.05) is 56.9 Å². The Bertz CT molecular complexity index is 1350. The van der Waals surface area contributed by atoms with Crippen LogP contribution in [0.5, 0.6) is 0 Å². The Kier molecular flexibility index (Phi) is 5.43. The average molecular weight is 457 g/mol. The molecule has 1 unspecified atom stereocenters. The zero-order chi connectivity index (χ0) is 21.3. The molecule has 6 heteroatoms. The smallest absolute Gasteiger partial charge is 0.113 e. The summed E-state index contributed by atoms with van der Waals surface area (Å²) in [6, 6.07) is 26.1. The zero-order valence-corrected chi connectivity index (χ0v) is 19.4. The highest BCUT2D eigenvalue weighted by Crippen LogP contribution is 2.36. The van der Waals surface area contributed by atoms with Crippen LogP contribution < -0.4 is 0 Å². The molecule has 5 aromatic rings. The van der Waals surface area contributed by atoms with Crippen molar-refractivity contribution in [2.45, 2.75) is 6.04 Å². The van der Waals surface area contributed by atoms with Gasteiger partial charge in [0.2, 0.25) is 0 Å². The monoisotopic (exact) mass is 456 g/mol. The lowest BCUT2D eigenvalue weighted by molar-refractivity contribution is 0.260. The van der Waals surface area contributed by atoms with E-state index >= 15 is 0 Å². The van der Waals surface area contributed by atoms with Crippen molar-refractivity contribution in [3.05, 3.63) is 84.6 Å². The third-order valence-corrected chi connectivity index (χ3v) is 8.31. The summed E-state index contributed by atoms with van der Waals surface area (Å²) in [5.41, 5.74) is 3.32. The minimum Gasteiger partial charge on any atom is -0.299 e. The lowest BCUT2D eigenvalue weighted by Crippen LogP contribution is -2.37. The first-order chi connectivity index (χ1) is 15.8. The average Bonchev–Trinajstić information content (AvgIpc) is 3.49. The summed E-state index contributed by atoms with van der Waals surface area (Å²) in [6.45, 7) is 3.21. The molecule has 6 rings (SSSR count). The molecular weight excluding hydrogens is 432 g/mol. The lowest BCUT2D eigenvalue weighted by Gasteiger charge is -2.30. The van der Waals surface area contributed by atoms with Crippen LogP contribution in [0.3, 0.4) is 0 Å². The van der Waals surface area contributed by atoms with Crippen LogP contribution in [0.2, 0.25) is 0 Å². The lowest BCUT2D eigenvalue weighted by atomic mass is 10.0. The SMILES string of the molecule is c1ccc(-c2cn(C(CN3CCSCC3)c3ccc4sc5ccccc5c4c3)nn2)cc1. The van der Waals surface area contributed by atoms with E-state index in [9.17, 15) is 0 Å². The number of thioether (sulfide) groups is 1. The molecule has 1 fully saturated rings. The van der Waals surface area contributed by atoms with Crippen LogP contribution in [-0.2, 0) is 0 Å². The number of nitrogens with zero attached hydrogens (tertiary/aromatic N) is 4. The fraction of sp³-hybridized carbons (Fsp3) is 0.231. The maximum Gasteiger partial charge on any atom is 0.113 e. The molecule has 0 radical (unpaired) electrons. The van der Waals surface area contributed by atoms with Gasteiger partial charge in [-0.1, -0.05) is 59.8 Å². The minimum atomic E-state index is 0.131. The largest absolute Gasteiger partial charge is 0.299 e. The number of aromatic nitrogens is 3. The van der Waals surface area contributed by atoms with Gasteiger partial charge in [-0.2, -0.15) is 11.8 Å². The summed E-state index contributed by atoms with van der Waals surface area (Å²) >= 11 is 3.92. The summed E-state index contributed by atoms with van der Waals surface area (Å²) in [6.07, 6.45) is 2.11. The second-order valence-corrected chi connectivity index (χ2v) is 10.5. The summed E-state index contributed by atoms with van der Waals surface area (Å²) in [5, 5.41) is 11.8. The van der Waals surface area contributed by atoms with Gasteiger partial charge in [-0.05, 0) is 23.8 Å². The molecule has 3 aromatic carbocycles. The summed E-state index contributed by atoms with van der Waals surface area (Å²) in [4.78, 5) is 2.57. The molecule has 0 saturated carbocycles. The van der Waals surface area contributed by atoms with Crippen molar-refractivity contribution in [2.24, 2.45) is 0 Å². The Hall–Kier alpha value is -2.67. The van der Waals surface area contributed by atoms with E-state index in [1.807, 2.05) is 41.3 Å². The van der Waals surface area contributed by atoms with Crippen LogP contribution in [0.4, 0.5) is 0 Å². The molecular formula is C26H24N4S2. The van der Waals surface area contributed by atoms with E-state index in [-0.39, 0.29) is 6.04 Å². The van der Waals surface area contributed by atoms with E-state index < -0.39 is 0 Å². The summed E-state index contributed by atoms with van der Waals surface area (Å²) < 4.78 is 4.75. The molecule has 0 aliphatic carbocycles. The Morgan fingerprint density at radius 2 is 1.62 bits per heavy atom. The van der Waals surface area contributed by atoms with Crippen molar-refractivity contribution in [1.82, 2.24) is 19.9 Å². The van der Waals surface area contributed by atoms with E-state index in [0.29, 0.717) is 0 Å². The number of hydrogen-bond acceptors (Lipinski definition) is 5. The highest BCUT2D eigenvalue weighted by atomic mass is 32.2. The minimum absolute atomic E-state index is 0.131. The van der Waals surface area contributed by atoms with Crippen LogP contribution in [0.1, 0.15) is 11.6 Å². The third-order valence-electron chi connectivity index (χ3n) is 6.22. The second kappa shape index (κ2) is 8.70. The zero-order valence-electron chi connectivity index (χ0n) is 17.7. The molecule has 1 aliphatic rings. The Morgan fingerprint density at radius 3 is 2.50 bits per heavy atom. The van der Waals surface area contributed by atoms with Crippen molar-refractivity contribution in [2.75, 3.05) is 31.1 Å². The number of hydrogen-bond donors (Lipinski definition) is 0. The molecule has 1 aliphatic heterocycles. The van der Waals surface area contributed by atoms with Crippen LogP contribution in [-0.4, -0.2) is 51.0 Å². The van der Waals surface area contributed by atoms with E-state index in [0.717, 1.165) is 30.9 Å². The number of fused-ring (bicyclic) bond motifs is 3. The molecule has 0 spiro atoms. The van der Waals surface area contributed by atoms with Crippen molar-refractivity contribution in [1.29, 1.82) is 0 Å². The number of thiophene rings is 1. The molecule has 0 N–H and O–H groups in total.